The van der Waals surface area contributed by atoms with Gasteiger partial charge in [-0.05, 0) is 44.9 Å². The molecule has 1 atom stereocenters. The minimum atomic E-state index is -0.0245. The molecule has 5 nitrogen and oxygen atoms in total. The summed E-state index contributed by atoms with van der Waals surface area (Å²) >= 11 is 0. The Balaban J connectivity index is 1.59. The summed E-state index contributed by atoms with van der Waals surface area (Å²) in [4.78, 5) is 6.81. The molecule has 0 spiro atoms. The number of piperidine rings is 1. The number of likely N-dealkylation sites (tertiary alicyclic amines) is 1. The predicted molar refractivity (Wildman–Crippen MR) is 84.3 cm³/mol. The first-order valence-corrected chi connectivity index (χ1v) is 8.16. The molecule has 1 saturated heterocycles. The molecule has 0 saturated carbocycles. The molecule has 1 fully saturated rings. The summed E-state index contributed by atoms with van der Waals surface area (Å²) in [6.07, 6.45) is 8.89. The van der Waals surface area contributed by atoms with Gasteiger partial charge in [-0.15, -0.1) is 0 Å². The number of aromatic nitrogens is 2. The van der Waals surface area contributed by atoms with E-state index >= 15 is 0 Å². The fourth-order valence-electron chi connectivity index (χ4n) is 3.32. The highest BCUT2D eigenvalue weighted by Crippen LogP contribution is 2.23. The first kappa shape index (κ1) is 15.3. The van der Waals surface area contributed by atoms with Gasteiger partial charge in [0.05, 0.1) is 6.54 Å². The number of aliphatic hydroxyl groups excluding tert-OH is 1. The Morgan fingerprint density at radius 3 is 2.91 bits per heavy atom. The van der Waals surface area contributed by atoms with Crippen molar-refractivity contribution in [2.45, 2.75) is 58.3 Å². The maximum absolute atomic E-state index is 9.11. The van der Waals surface area contributed by atoms with Crippen LogP contribution in [0.5, 0.6) is 0 Å². The summed E-state index contributed by atoms with van der Waals surface area (Å²) in [6.45, 7) is 5.02. The smallest absolute Gasteiger partial charge is 0.129 e. The number of nitrogens with zero attached hydrogens (tertiary/aromatic N) is 3. The summed E-state index contributed by atoms with van der Waals surface area (Å²) in [5, 5.41) is 9.11. The average Bonchev–Trinajstić information content (AvgIpc) is 3.15. The lowest BCUT2D eigenvalue weighted by Gasteiger charge is -2.35. The summed E-state index contributed by atoms with van der Waals surface area (Å²) in [5.74, 6) is 2.69. The first-order valence-electron chi connectivity index (χ1n) is 8.16. The van der Waals surface area contributed by atoms with Crippen LogP contribution < -0.4 is 0 Å². The summed E-state index contributed by atoms with van der Waals surface area (Å²) in [5.41, 5.74) is 0. The second-order valence-electron chi connectivity index (χ2n) is 6.10. The third-order valence-corrected chi connectivity index (χ3v) is 4.61. The van der Waals surface area contributed by atoms with Gasteiger partial charge in [-0.3, -0.25) is 4.90 Å². The number of hydrogen-bond donors (Lipinski definition) is 1. The molecule has 2 aromatic rings. The molecule has 0 unspecified atom stereocenters. The van der Waals surface area contributed by atoms with E-state index in [0.29, 0.717) is 11.8 Å². The topological polar surface area (TPSA) is 54.4 Å². The van der Waals surface area contributed by atoms with Crippen molar-refractivity contribution in [3.05, 3.63) is 41.9 Å². The highest BCUT2D eigenvalue weighted by atomic mass is 16.4. The van der Waals surface area contributed by atoms with E-state index in [1.165, 1.54) is 19.3 Å². The second-order valence-corrected chi connectivity index (χ2v) is 6.10. The zero-order valence-electron chi connectivity index (χ0n) is 13.2. The van der Waals surface area contributed by atoms with Crippen LogP contribution >= 0.6 is 0 Å². The van der Waals surface area contributed by atoms with Gasteiger partial charge in [0.15, 0.2) is 0 Å². The van der Waals surface area contributed by atoms with Gasteiger partial charge in [0.2, 0.25) is 0 Å². The normalized spacial score (nSPS) is 19.6. The summed E-state index contributed by atoms with van der Waals surface area (Å²) < 4.78 is 7.87. The van der Waals surface area contributed by atoms with Crippen LogP contribution in [0.2, 0.25) is 0 Å². The Hall–Kier alpha value is -1.59. The molecule has 120 valence electrons. The maximum Gasteiger partial charge on any atom is 0.129 e. The van der Waals surface area contributed by atoms with E-state index in [2.05, 4.69) is 27.6 Å². The van der Waals surface area contributed by atoms with Crippen LogP contribution in [0.25, 0.3) is 0 Å². The number of furan rings is 1. The number of aliphatic hydroxyl groups is 1. The molecule has 0 aliphatic carbocycles. The highest BCUT2D eigenvalue weighted by molar-refractivity contribution is 5.06. The second kappa shape index (κ2) is 7.11. The lowest BCUT2D eigenvalue weighted by Crippen LogP contribution is -2.39. The van der Waals surface area contributed by atoms with Crippen molar-refractivity contribution in [2.75, 3.05) is 6.54 Å². The van der Waals surface area contributed by atoms with Gasteiger partial charge in [0.25, 0.3) is 0 Å². The highest BCUT2D eigenvalue weighted by Gasteiger charge is 2.23. The Morgan fingerprint density at radius 2 is 2.18 bits per heavy atom. The molecule has 5 heteroatoms. The standard InChI is InChI=1S/C17H25N3O2/c1-14-18-8-11-19(14)10-7-15-4-2-3-9-20(15)12-16-5-6-17(13-21)22-16/h5-6,8,11,15,21H,2-4,7,9-10,12-13H2,1H3/t15-/m0/s1. The molecule has 22 heavy (non-hydrogen) atoms. The monoisotopic (exact) mass is 303 g/mol. The molecule has 0 amide bonds. The minimum Gasteiger partial charge on any atom is -0.462 e. The summed E-state index contributed by atoms with van der Waals surface area (Å²) in [6, 6.07) is 4.44. The molecule has 0 radical (unpaired) electrons. The van der Waals surface area contributed by atoms with Crippen LogP contribution in [0.4, 0.5) is 0 Å². The van der Waals surface area contributed by atoms with Crippen molar-refractivity contribution < 1.29 is 9.52 Å². The molecule has 1 N–H and O–H groups in total. The zero-order valence-corrected chi connectivity index (χ0v) is 13.2. The molecule has 2 aromatic heterocycles. The molecular weight excluding hydrogens is 278 g/mol. The van der Waals surface area contributed by atoms with E-state index in [9.17, 15) is 0 Å². The molecule has 3 heterocycles. The van der Waals surface area contributed by atoms with Gasteiger partial charge in [0, 0.05) is 25.0 Å². The third-order valence-electron chi connectivity index (χ3n) is 4.61. The number of rotatable bonds is 6. The largest absolute Gasteiger partial charge is 0.462 e. The molecule has 1 aliphatic heterocycles. The fraction of sp³-hybridized carbons (Fsp3) is 0.588. The Bertz CT molecular complexity index is 590. The lowest BCUT2D eigenvalue weighted by molar-refractivity contribution is 0.117. The predicted octanol–water partition coefficient (Wildman–Crippen LogP) is 2.72. The van der Waals surface area contributed by atoms with E-state index in [1.807, 2.05) is 18.3 Å². The Kier molecular flexibility index (Phi) is 4.95. The molecule has 3 rings (SSSR count). The van der Waals surface area contributed by atoms with Gasteiger partial charge in [0.1, 0.15) is 24.0 Å². The van der Waals surface area contributed by atoms with Gasteiger partial charge >= 0.3 is 0 Å². The van der Waals surface area contributed by atoms with E-state index in [4.69, 9.17) is 9.52 Å². The lowest BCUT2D eigenvalue weighted by atomic mass is 9.99. The van der Waals surface area contributed by atoms with Crippen LogP contribution in [-0.4, -0.2) is 32.1 Å². The number of imidazole rings is 1. The molecule has 0 aromatic carbocycles. The van der Waals surface area contributed by atoms with Crippen LogP contribution in [0.3, 0.4) is 0 Å². The van der Waals surface area contributed by atoms with Crippen LogP contribution in [0.15, 0.2) is 28.9 Å². The molecule has 1 aliphatic rings. The maximum atomic E-state index is 9.11. The van der Waals surface area contributed by atoms with Gasteiger partial charge in [-0.2, -0.15) is 0 Å². The molecule has 0 bridgehead atoms. The van der Waals surface area contributed by atoms with Crippen molar-refractivity contribution in [3.63, 3.8) is 0 Å². The molecular formula is C17H25N3O2. The van der Waals surface area contributed by atoms with Crippen molar-refractivity contribution in [1.29, 1.82) is 0 Å². The van der Waals surface area contributed by atoms with Crippen molar-refractivity contribution in [3.8, 4) is 0 Å². The van der Waals surface area contributed by atoms with E-state index in [0.717, 1.165) is 37.6 Å². The number of aryl methyl sites for hydroxylation is 2. The third kappa shape index (κ3) is 3.59. The van der Waals surface area contributed by atoms with Crippen LogP contribution in [0.1, 0.15) is 43.0 Å². The SMILES string of the molecule is Cc1nccn1CC[C@@H]1CCCCN1Cc1ccc(CO)o1. The zero-order chi connectivity index (χ0) is 15.4. The van der Waals surface area contributed by atoms with Crippen LogP contribution in [0, 0.1) is 6.92 Å². The van der Waals surface area contributed by atoms with Crippen LogP contribution in [-0.2, 0) is 19.7 Å². The van der Waals surface area contributed by atoms with E-state index in [1.54, 1.807) is 0 Å². The average molecular weight is 303 g/mol. The van der Waals surface area contributed by atoms with Crippen molar-refractivity contribution in [1.82, 2.24) is 14.5 Å². The van der Waals surface area contributed by atoms with Gasteiger partial charge in [-0.1, -0.05) is 6.42 Å². The summed E-state index contributed by atoms with van der Waals surface area (Å²) in [7, 11) is 0. The van der Waals surface area contributed by atoms with Gasteiger partial charge < -0.3 is 14.1 Å². The van der Waals surface area contributed by atoms with Crippen molar-refractivity contribution in [2.24, 2.45) is 0 Å². The number of hydrogen-bond acceptors (Lipinski definition) is 4. The fourth-order valence-corrected chi connectivity index (χ4v) is 3.32. The minimum absolute atomic E-state index is 0.0245. The Morgan fingerprint density at radius 1 is 1.32 bits per heavy atom. The first-order chi connectivity index (χ1) is 10.8. The quantitative estimate of drug-likeness (QED) is 0.891. The van der Waals surface area contributed by atoms with Crippen molar-refractivity contribution >= 4 is 0 Å². The van der Waals surface area contributed by atoms with E-state index in [-0.39, 0.29) is 6.61 Å². The van der Waals surface area contributed by atoms with E-state index < -0.39 is 0 Å². The Labute approximate surface area is 131 Å². The van der Waals surface area contributed by atoms with Gasteiger partial charge in [-0.25, -0.2) is 4.98 Å².